The maximum absolute atomic E-state index is 4.61. The van der Waals surface area contributed by atoms with Gasteiger partial charge in [0.05, 0.1) is 6.33 Å². The van der Waals surface area contributed by atoms with Gasteiger partial charge in [-0.2, -0.15) is 9.97 Å². The molecule has 1 saturated carbocycles. The molecule has 0 aromatic carbocycles. The van der Waals surface area contributed by atoms with Gasteiger partial charge in [-0.25, -0.2) is 4.98 Å². The van der Waals surface area contributed by atoms with E-state index in [1.54, 1.807) is 6.33 Å². The Balaban J connectivity index is 1.82. The molecule has 0 amide bonds. The van der Waals surface area contributed by atoms with E-state index in [0.717, 1.165) is 17.9 Å². The third kappa shape index (κ3) is 3.43. The van der Waals surface area contributed by atoms with E-state index in [2.05, 4.69) is 30.6 Å². The molecule has 1 aliphatic rings. The Morgan fingerprint density at radius 3 is 2.67 bits per heavy atom. The van der Waals surface area contributed by atoms with Crippen molar-refractivity contribution in [3.8, 4) is 0 Å². The molecule has 2 aromatic heterocycles. The molecule has 3 rings (SSSR count). The van der Waals surface area contributed by atoms with E-state index in [1.165, 1.54) is 44.9 Å². The standard InChI is InChI=1S/C15H24N6/c1-2-16-15-20-13-12(17-10-18-13)14(21-15)19-11-8-6-4-3-5-7-9-11/h10-11H,2-9H2,1H3,(H3,16,17,18,19,20,21). The second-order valence-electron chi connectivity index (χ2n) is 5.71. The van der Waals surface area contributed by atoms with Crippen LogP contribution in [0.4, 0.5) is 11.8 Å². The molecule has 0 unspecified atom stereocenters. The summed E-state index contributed by atoms with van der Waals surface area (Å²) >= 11 is 0. The number of aromatic nitrogens is 4. The maximum Gasteiger partial charge on any atom is 0.226 e. The molecule has 114 valence electrons. The van der Waals surface area contributed by atoms with E-state index in [-0.39, 0.29) is 0 Å². The van der Waals surface area contributed by atoms with E-state index >= 15 is 0 Å². The Kier molecular flexibility index (Phi) is 4.52. The zero-order chi connectivity index (χ0) is 14.5. The van der Waals surface area contributed by atoms with Crippen molar-refractivity contribution in [2.75, 3.05) is 17.2 Å². The number of hydrogen-bond donors (Lipinski definition) is 3. The fraction of sp³-hybridized carbons (Fsp3) is 0.667. The minimum absolute atomic E-state index is 0.501. The van der Waals surface area contributed by atoms with Crippen molar-refractivity contribution in [3.63, 3.8) is 0 Å². The van der Waals surface area contributed by atoms with Crippen LogP contribution in [-0.4, -0.2) is 32.5 Å². The minimum atomic E-state index is 0.501. The Bertz CT molecular complexity index is 571. The molecule has 0 aliphatic heterocycles. The molecule has 2 aromatic rings. The molecule has 21 heavy (non-hydrogen) atoms. The molecule has 3 N–H and O–H groups in total. The first-order valence-corrected chi connectivity index (χ1v) is 8.08. The number of rotatable bonds is 4. The van der Waals surface area contributed by atoms with Crippen molar-refractivity contribution in [1.82, 2.24) is 19.9 Å². The Morgan fingerprint density at radius 2 is 1.90 bits per heavy atom. The van der Waals surface area contributed by atoms with Gasteiger partial charge in [0, 0.05) is 12.6 Å². The van der Waals surface area contributed by atoms with Crippen LogP contribution in [0.3, 0.4) is 0 Å². The average molecular weight is 288 g/mol. The topological polar surface area (TPSA) is 78.5 Å². The van der Waals surface area contributed by atoms with E-state index in [4.69, 9.17) is 0 Å². The Hall–Kier alpha value is -1.85. The number of fused-ring (bicyclic) bond motifs is 1. The van der Waals surface area contributed by atoms with Crippen LogP contribution >= 0.6 is 0 Å². The second kappa shape index (κ2) is 6.74. The van der Waals surface area contributed by atoms with Crippen molar-refractivity contribution in [3.05, 3.63) is 6.33 Å². The number of H-pyrrole nitrogens is 1. The number of hydrogen-bond acceptors (Lipinski definition) is 5. The van der Waals surface area contributed by atoms with Crippen LogP contribution in [0, 0.1) is 0 Å². The highest BCUT2D eigenvalue weighted by Gasteiger charge is 2.15. The van der Waals surface area contributed by atoms with Gasteiger partial charge in [-0.15, -0.1) is 0 Å². The summed E-state index contributed by atoms with van der Waals surface area (Å²) in [5, 5.41) is 6.79. The summed E-state index contributed by atoms with van der Waals surface area (Å²) in [6, 6.07) is 0.501. The molecule has 0 spiro atoms. The molecular weight excluding hydrogens is 264 g/mol. The van der Waals surface area contributed by atoms with Crippen LogP contribution in [-0.2, 0) is 0 Å². The summed E-state index contributed by atoms with van der Waals surface area (Å²) in [6.07, 6.45) is 10.8. The molecule has 6 nitrogen and oxygen atoms in total. The van der Waals surface area contributed by atoms with Gasteiger partial charge in [0.1, 0.15) is 5.52 Å². The SMILES string of the molecule is CCNc1nc(NC2CCCCCCC2)c2[nH]cnc2n1. The predicted octanol–water partition coefficient (Wildman–Crippen LogP) is 3.31. The molecule has 6 heteroatoms. The second-order valence-corrected chi connectivity index (χ2v) is 5.71. The van der Waals surface area contributed by atoms with Crippen molar-refractivity contribution >= 4 is 22.9 Å². The average Bonchev–Trinajstić information content (AvgIpc) is 2.90. The quantitative estimate of drug-likeness (QED) is 0.804. The lowest BCUT2D eigenvalue weighted by atomic mass is 9.97. The zero-order valence-corrected chi connectivity index (χ0v) is 12.7. The lowest BCUT2D eigenvalue weighted by molar-refractivity contribution is 0.471. The molecular formula is C15H24N6. The monoisotopic (exact) mass is 288 g/mol. The summed E-state index contributed by atoms with van der Waals surface area (Å²) < 4.78 is 0. The summed E-state index contributed by atoms with van der Waals surface area (Å²) in [5.41, 5.74) is 1.62. The van der Waals surface area contributed by atoms with Crippen molar-refractivity contribution in [2.45, 2.75) is 57.9 Å². The number of nitrogens with one attached hydrogen (secondary N) is 3. The lowest BCUT2D eigenvalue weighted by Gasteiger charge is -2.22. The van der Waals surface area contributed by atoms with Gasteiger partial charge in [0.25, 0.3) is 0 Å². The Morgan fingerprint density at radius 1 is 1.14 bits per heavy atom. The molecule has 0 bridgehead atoms. The number of aromatic amines is 1. The van der Waals surface area contributed by atoms with Gasteiger partial charge in [-0.1, -0.05) is 32.1 Å². The highest BCUT2D eigenvalue weighted by molar-refractivity contribution is 5.83. The smallest absolute Gasteiger partial charge is 0.226 e. The van der Waals surface area contributed by atoms with Crippen LogP contribution < -0.4 is 10.6 Å². The number of imidazole rings is 1. The third-order valence-corrected chi connectivity index (χ3v) is 4.07. The molecule has 0 radical (unpaired) electrons. The fourth-order valence-electron chi connectivity index (χ4n) is 2.97. The normalized spacial score (nSPS) is 17.4. The van der Waals surface area contributed by atoms with E-state index in [9.17, 15) is 0 Å². The molecule has 0 atom stereocenters. The van der Waals surface area contributed by atoms with Gasteiger partial charge < -0.3 is 15.6 Å². The molecule has 1 fully saturated rings. The number of nitrogens with zero attached hydrogens (tertiary/aromatic N) is 3. The first-order chi connectivity index (χ1) is 10.4. The van der Waals surface area contributed by atoms with Crippen molar-refractivity contribution in [2.24, 2.45) is 0 Å². The van der Waals surface area contributed by atoms with Gasteiger partial charge in [0.2, 0.25) is 5.95 Å². The zero-order valence-electron chi connectivity index (χ0n) is 12.7. The number of anilines is 2. The molecule has 0 saturated heterocycles. The predicted molar refractivity (Wildman–Crippen MR) is 85.6 cm³/mol. The fourth-order valence-corrected chi connectivity index (χ4v) is 2.97. The van der Waals surface area contributed by atoms with Crippen molar-refractivity contribution in [1.29, 1.82) is 0 Å². The van der Waals surface area contributed by atoms with E-state index in [0.29, 0.717) is 17.6 Å². The van der Waals surface area contributed by atoms with Crippen LogP contribution in [0.25, 0.3) is 11.2 Å². The lowest BCUT2D eigenvalue weighted by Crippen LogP contribution is -2.22. The molecule has 2 heterocycles. The summed E-state index contributed by atoms with van der Waals surface area (Å²) in [5.74, 6) is 1.52. The summed E-state index contributed by atoms with van der Waals surface area (Å²) in [4.78, 5) is 16.4. The first kappa shape index (κ1) is 14.1. The van der Waals surface area contributed by atoms with E-state index in [1.807, 2.05) is 6.92 Å². The third-order valence-electron chi connectivity index (χ3n) is 4.07. The maximum atomic E-state index is 4.61. The van der Waals surface area contributed by atoms with Gasteiger partial charge in [-0.3, -0.25) is 0 Å². The summed E-state index contributed by atoms with van der Waals surface area (Å²) in [6.45, 7) is 2.85. The van der Waals surface area contributed by atoms with Crippen LogP contribution in [0.2, 0.25) is 0 Å². The van der Waals surface area contributed by atoms with Crippen LogP contribution in [0.5, 0.6) is 0 Å². The van der Waals surface area contributed by atoms with Crippen LogP contribution in [0.15, 0.2) is 6.33 Å². The largest absolute Gasteiger partial charge is 0.365 e. The minimum Gasteiger partial charge on any atom is -0.365 e. The van der Waals surface area contributed by atoms with Gasteiger partial charge >= 0.3 is 0 Å². The summed E-state index contributed by atoms with van der Waals surface area (Å²) in [7, 11) is 0. The van der Waals surface area contributed by atoms with Gasteiger partial charge in [-0.05, 0) is 19.8 Å². The molecule has 1 aliphatic carbocycles. The van der Waals surface area contributed by atoms with Crippen LogP contribution in [0.1, 0.15) is 51.9 Å². The Labute approximate surface area is 125 Å². The highest BCUT2D eigenvalue weighted by Crippen LogP contribution is 2.24. The van der Waals surface area contributed by atoms with E-state index < -0.39 is 0 Å². The van der Waals surface area contributed by atoms with Crippen molar-refractivity contribution < 1.29 is 0 Å². The first-order valence-electron chi connectivity index (χ1n) is 8.08. The highest BCUT2D eigenvalue weighted by atomic mass is 15.2. The van der Waals surface area contributed by atoms with Gasteiger partial charge in [0.15, 0.2) is 11.5 Å².